The van der Waals surface area contributed by atoms with E-state index in [9.17, 15) is 0 Å². The number of hydrogen-bond acceptors (Lipinski definition) is 4. The van der Waals surface area contributed by atoms with Crippen molar-refractivity contribution >= 4 is 53.3 Å². The van der Waals surface area contributed by atoms with Gasteiger partial charge in [0, 0.05) is 58.7 Å². The van der Waals surface area contributed by atoms with E-state index in [1.807, 2.05) is 47.7 Å². The highest BCUT2D eigenvalue weighted by Crippen LogP contribution is 2.52. The molecule has 12 rings (SSSR count). The molecule has 0 atom stereocenters. The summed E-state index contributed by atoms with van der Waals surface area (Å²) in [4.78, 5) is 15.4. The first-order chi connectivity index (χ1) is 29.0. The molecule has 0 radical (unpaired) electrons. The number of thiophene rings is 1. The van der Waals surface area contributed by atoms with Crippen LogP contribution in [0.1, 0.15) is 25.0 Å². The molecule has 3 heterocycles. The Bertz CT molecular complexity index is 3400. The van der Waals surface area contributed by atoms with Crippen LogP contribution in [0.2, 0.25) is 0 Å². The summed E-state index contributed by atoms with van der Waals surface area (Å²) in [6, 6.07) is 65.3. The maximum atomic E-state index is 5.18. The zero-order valence-electron chi connectivity index (χ0n) is 32.5. The molecule has 0 saturated heterocycles. The van der Waals surface area contributed by atoms with Crippen LogP contribution in [-0.2, 0) is 5.41 Å². The third kappa shape index (κ3) is 5.18. The van der Waals surface area contributed by atoms with E-state index in [4.69, 9.17) is 15.0 Å². The van der Waals surface area contributed by atoms with E-state index in [0.29, 0.717) is 17.5 Å². The molecule has 0 N–H and O–H groups in total. The number of rotatable bonds is 5. The van der Waals surface area contributed by atoms with Crippen molar-refractivity contribution in [2.45, 2.75) is 19.3 Å². The van der Waals surface area contributed by atoms with Gasteiger partial charge in [0.2, 0.25) is 0 Å². The second kappa shape index (κ2) is 12.9. The molecular weight excluding hydrogens is 737 g/mol. The average Bonchev–Trinajstić information content (AvgIpc) is 3.91. The first kappa shape index (κ1) is 33.9. The summed E-state index contributed by atoms with van der Waals surface area (Å²) in [5.74, 6) is 1.98. The van der Waals surface area contributed by atoms with Gasteiger partial charge in [0.15, 0.2) is 17.5 Å². The van der Waals surface area contributed by atoms with Gasteiger partial charge in [0.05, 0.1) is 11.0 Å². The molecule has 4 nitrogen and oxygen atoms in total. The number of fused-ring (bicyclic) bond motifs is 9. The lowest BCUT2D eigenvalue weighted by Crippen LogP contribution is -2.14. The van der Waals surface area contributed by atoms with E-state index in [1.165, 1.54) is 70.0 Å². The minimum atomic E-state index is -0.0972. The number of hydrogen-bond donors (Lipinski definition) is 0. The quantitative estimate of drug-likeness (QED) is 0.175. The SMILES string of the molecule is CC1(C)c2ccccc2-c2cc3c4cc(-c5ccc(-c6nc(-c7ccccc7)nc(-c7ccccc7)n6)c6c5sc5ccccc56)ccc4n(-c4ccccc4)c3cc21. The molecule has 278 valence electrons. The molecule has 0 amide bonds. The lowest BCUT2D eigenvalue weighted by atomic mass is 9.82. The minimum absolute atomic E-state index is 0.0972. The van der Waals surface area contributed by atoms with Gasteiger partial charge in [-0.1, -0.05) is 147 Å². The third-order valence-electron chi connectivity index (χ3n) is 12.3. The van der Waals surface area contributed by atoms with E-state index < -0.39 is 0 Å². The molecule has 59 heavy (non-hydrogen) atoms. The summed E-state index contributed by atoms with van der Waals surface area (Å²) in [5, 5.41) is 4.86. The van der Waals surface area contributed by atoms with Crippen LogP contribution in [0, 0.1) is 0 Å². The number of aromatic nitrogens is 4. The third-order valence-corrected chi connectivity index (χ3v) is 13.5. The zero-order chi connectivity index (χ0) is 39.2. The zero-order valence-corrected chi connectivity index (χ0v) is 33.3. The van der Waals surface area contributed by atoms with Crippen LogP contribution in [0.15, 0.2) is 182 Å². The van der Waals surface area contributed by atoms with Gasteiger partial charge in [-0.15, -0.1) is 11.3 Å². The van der Waals surface area contributed by atoms with Gasteiger partial charge >= 0.3 is 0 Å². The monoisotopic (exact) mass is 772 g/mol. The molecule has 1 aliphatic rings. The molecular formula is C54H36N4S. The second-order valence-corrected chi connectivity index (χ2v) is 17.0. The summed E-state index contributed by atoms with van der Waals surface area (Å²) >= 11 is 1.84. The molecule has 11 aromatic rings. The molecule has 0 saturated carbocycles. The van der Waals surface area contributed by atoms with Crippen LogP contribution in [-0.4, -0.2) is 19.5 Å². The summed E-state index contributed by atoms with van der Waals surface area (Å²) in [6.45, 7) is 4.72. The molecule has 0 unspecified atom stereocenters. The van der Waals surface area contributed by atoms with Gasteiger partial charge in [-0.05, 0) is 81.9 Å². The van der Waals surface area contributed by atoms with Crippen LogP contribution < -0.4 is 0 Å². The Morgan fingerprint density at radius 1 is 0.424 bits per heavy atom. The van der Waals surface area contributed by atoms with Crippen molar-refractivity contribution in [3.8, 4) is 62.1 Å². The Morgan fingerprint density at radius 3 is 1.78 bits per heavy atom. The van der Waals surface area contributed by atoms with Crippen LogP contribution in [0.5, 0.6) is 0 Å². The van der Waals surface area contributed by atoms with E-state index in [-0.39, 0.29) is 5.41 Å². The predicted octanol–water partition coefficient (Wildman–Crippen LogP) is 14.3. The van der Waals surface area contributed by atoms with E-state index >= 15 is 0 Å². The van der Waals surface area contributed by atoms with Gasteiger partial charge < -0.3 is 4.57 Å². The molecule has 0 bridgehead atoms. The highest BCUT2D eigenvalue weighted by Gasteiger charge is 2.36. The topological polar surface area (TPSA) is 43.6 Å². The predicted molar refractivity (Wildman–Crippen MR) is 246 cm³/mol. The average molecular weight is 773 g/mol. The fourth-order valence-corrected chi connectivity index (χ4v) is 10.7. The van der Waals surface area contributed by atoms with Crippen LogP contribution in [0.4, 0.5) is 0 Å². The Kier molecular flexibility index (Phi) is 7.41. The van der Waals surface area contributed by atoms with Crippen molar-refractivity contribution in [2.24, 2.45) is 0 Å². The van der Waals surface area contributed by atoms with Gasteiger partial charge in [-0.25, -0.2) is 15.0 Å². The smallest absolute Gasteiger partial charge is 0.164 e. The molecule has 1 aliphatic carbocycles. The molecule has 3 aromatic heterocycles. The molecule has 8 aromatic carbocycles. The van der Waals surface area contributed by atoms with Crippen molar-refractivity contribution in [3.63, 3.8) is 0 Å². The van der Waals surface area contributed by atoms with Gasteiger partial charge in [0.1, 0.15) is 0 Å². The first-order valence-corrected chi connectivity index (χ1v) is 20.9. The highest BCUT2D eigenvalue weighted by atomic mass is 32.1. The summed E-state index contributed by atoms with van der Waals surface area (Å²) in [7, 11) is 0. The van der Waals surface area contributed by atoms with E-state index in [2.05, 4.69) is 164 Å². The first-order valence-electron chi connectivity index (χ1n) is 20.1. The minimum Gasteiger partial charge on any atom is -0.309 e. The second-order valence-electron chi connectivity index (χ2n) is 16.0. The number of para-hydroxylation sites is 1. The Morgan fingerprint density at radius 2 is 1.03 bits per heavy atom. The number of benzene rings is 8. The Labute approximate surface area is 345 Å². The van der Waals surface area contributed by atoms with Gasteiger partial charge in [0.25, 0.3) is 0 Å². The fraction of sp³-hybridized carbons (Fsp3) is 0.0556. The van der Waals surface area contributed by atoms with Gasteiger partial charge in [-0.3, -0.25) is 0 Å². The summed E-state index contributed by atoms with van der Waals surface area (Å²) < 4.78 is 4.89. The summed E-state index contributed by atoms with van der Waals surface area (Å²) in [6.07, 6.45) is 0. The Balaban J connectivity index is 1.11. The summed E-state index contributed by atoms with van der Waals surface area (Å²) in [5.41, 5.74) is 14.2. The fourth-order valence-electron chi connectivity index (χ4n) is 9.41. The maximum Gasteiger partial charge on any atom is 0.164 e. The standard InChI is InChI=1S/C54H36N4S/c1-54(2)44-24-14-12-22-38(44)41-31-43-42-30-35(26-29-46(42)58(47(43)32-45(41)54)36-20-10-5-11-21-36)37-27-28-40(49-39-23-13-15-25-48(39)59-50(37)49)53-56-51(33-16-6-3-7-17-33)55-52(57-53)34-18-8-4-9-19-34/h3-32H,1-2H3. The largest absolute Gasteiger partial charge is 0.309 e. The Hall–Kier alpha value is -7.21. The maximum absolute atomic E-state index is 5.18. The number of nitrogens with zero attached hydrogens (tertiary/aromatic N) is 4. The van der Waals surface area contributed by atoms with Crippen LogP contribution in [0.3, 0.4) is 0 Å². The van der Waals surface area contributed by atoms with Crippen LogP contribution >= 0.6 is 11.3 Å². The van der Waals surface area contributed by atoms with Crippen molar-refractivity contribution in [2.75, 3.05) is 0 Å². The lowest BCUT2D eigenvalue weighted by molar-refractivity contribution is 0.661. The van der Waals surface area contributed by atoms with Crippen molar-refractivity contribution < 1.29 is 0 Å². The molecule has 5 heteroatoms. The lowest BCUT2D eigenvalue weighted by Gasteiger charge is -2.21. The molecule has 0 aliphatic heterocycles. The van der Waals surface area contributed by atoms with Crippen molar-refractivity contribution in [1.82, 2.24) is 19.5 Å². The van der Waals surface area contributed by atoms with Crippen LogP contribution in [0.25, 0.3) is 104 Å². The molecule has 0 spiro atoms. The molecule has 0 fully saturated rings. The van der Waals surface area contributed by atoms with Gasteiger partial charge in [-0.2, -0.15) is 0 Å². The van der Waals surface area contributed by atoms with Crippen molar-refractivity contribution in [1.29, 1.82) is 0 Å². The normalized spacial score (nSPS) is 13.1. The van der Waals surface area contributed by atoms with E-state index in [0.717, 1.165) is 27.8 Å². The van der Waals surface area contributed by atoms with Crippen molar-refractivity contribution in [3.05, 3.63) is 193 Å². The van der Waals surface area contributed by atoms with E-state index in [1.54, 1.807) is 0 Å². The highest BCUT2D eigenvalue weighted by molar-refractivity contribution is 7.26.